The van der Waals surface area contributed by atoms with Crippen LogP contribution < -0.4 is 0 Å². The van der Waals surface area contributed by atoms with Crippen LogP contribution in [0.3, 0.4) is 0 Å². The number of hydrogen-bond donors (Lipinski definition) is 2. The molecule has 0 heterocycles. The molecule has 2 fully saturated rings. The highest BCUT2D eigenvalue weighted by atomic mass is 19.1. The summed E-state index contributed by atoms with van der Waals surface area (Å²) in [7, 11) is 0. The second-order valence-electron chi connectivity index (χ2n) is 7.19. The first kappa shape index (κ1) is 18.2. The van der Waals surface area contributed by atoms with Gasteiger partial charge in [-0.2, -0.15) is 0 Å². The zero-order valence-electron chi connectivity index (χ0n) is 14.5. The Labute approximate surface area is 158 Å². The number of ether oxygens (including phenoxy) is 1. The number of benzene rings is 2. The molecule has 9 heteroatoms. The van der Waals surface area contributed by atoms with Crippen molar-refractivity contribution in [2.24, 2.45) is 17.0 Å². The number of fused-ring (bicyclic) bond motifs is 2. The molecule has 2 aromatic rings. The molecule has 2 saturated carbocycles. The average Bonchev–Trinajstić information content (AvgIpc) is 3.12. The molecule has 2 N–H and O–H groups in total. The van der Waals surface area contributed by atoms with Gasteiger partial charge in [-0.05, 0) is 34.4 Å². The van der Waals surface area contributed by atoms with Crippen LogP contribution in [0.4, 0.5) is 4.39 Å². The normalized spacial score (nSPS) is 33.1. The summed E-state index contributed by atoms with van der Waals surface area (Å²) in [5.74, 6) is -5.84. The molecule has 0 unspecified atom stereocenters. The van der Waals surface area contributed by atoms with Crippen LogP contribution in [0.1, 0.15) is 12.0 Å². The molecule has 28 heavy (non-hydrogen) atoms. The fraction of sp³-hybridized carbons (Fsp3) is 0.368. The van der Waals surface area contributed by atoms with Crippen molar-refractivity contribution in [1.29, 1.82) is 0 Å². The van der Waals surface area contributed by atoms with Gasteiger partial charge in [0.25, 0.3) is 0 Å². The number of carbonyl (C=O) groups is 2. The molecule has 2 aliphatic carbocycles. The van der Waals surface area contributed by atoms with E-state index in [1.807, 2.05) is 42.5 Å². The Morgan fingerprint density at radius 2 is 1.93 bits per heavy atom. The number of azide groups is 1. The highest BCUT2D eigenvalue weighted by molar-refractivity contribution is 5.91. The highest BCUT2D eigenvalue weighted by Crippen LogP contribution is 2.69. The fourth-order valence-corrected chi connectivity index (χ4v) is 4.50. The zero-order chi connectivity index (χ0) is 20.1. The summed E-state index contributed by atoms with van der Waals surface area (Å²) >= 11 is 0. The van der Waals surface area contributed by atoms with Crippen molar-refractivity contribution in [1.82, 2.24) is 0 Å². The van der Waals surface area contributed by atoms with Crippen molar-refractivity contribution >= 4 is 22.7 Å². The Kier molecular flexibility index (Phi) is 4.02. The molecule has 0 aliphatic heterocycles. The Hall–Kier alpha value is -3.16. The van der Waals surface area contributed by atoms with Gasteiger partial charge in [0.2, 0.25) is 5.67 Å². The monoisotopic (exact) mass is 385 g/mol. The first-order valence-corrected chi connectivity index (χ1v) is 8.67. The van der Waals surface area contributed by atoms with E-state index in [0.717, 1.165) is 16.3 Å². The number of aliphatic carboxylic acids is 2. The summed E-state index contributed by atoms with van der Waals surface area (Å²) < 4.78 is 20.5. The largest absolute Gasteiger partial charge is 0.481 e. The molecule has 0 radical (unpaired) electrons. The summed E-state index contributed by atoms with van der Waals surface area (Å²) in [6.45, 7) is 0.0251. The average molecular weight is 385 g/mol. The molecular weight excluding hydrogens is 369 g/mol. The maximum Gasteiger partial charge on any atom is 0.342 e. The third-order valence-electron chi connectivity index (χ3n) is 5.86. The van der Waals surface area contributed by atoms with Crippen LogP contribution in [0.2, 0.25) is 0 Å². The van der Waals surface area contributed by atoms with E-state index in [2.05, 4.69) is 10.0 Å². The minimum atomic E-state index is -2.71. The second kappa shape index (κ2) is 6.19. The minimum Gasteiger partial charge on any atom is -0.481 e. The van der Waals surface area contributed by atoms with Gasteiger partial charge in [0.1, 0.15) is 0 Å². The Morgan fingerprint density at radius 3 is 2.57 bits per heavy atom. The first-order chi connectivity index (χ1) is 13.4. The van der Waals surface area contributed by atoms with Gasteiger partial charge < -0.3 is 14.9 Å². The molecule has 0 aromatic heterocycles. The third kappa shape index (κ3) is 2.37. The molecule has 8 nitrogen and oxygen atoms in total. The van der Waals surface area contributed by atoms with Crippen LogP contribution >= 0.6 is 0 Å². The molecule has 0 amide bonds. The fourth-order valence-electron chi connectivity index (χ4n) is 4.50. The van der Waals surface area contributed by atoms with E-state index >= 15 is 0 Å². The molecule has 2 aliphatic rings. The Balaban J connectivity index is 1.61. The smallest absolute Gasteiger partial charge is 0.342 e. The van der Waals surface area contributed by atoms with Crippen LogP contribution in [0.15, 0.2) is 47.6 Å². The summed E-state index contributed by atoms with van der Waals surface area (Å²) in [5, 5.41) is 24.2. The zero-order valence-corrected chi connectivity index (χ0v) is 14.5. The van der Waals surface area contributed by atoms with Crippen molar-refractivity contribution < 1.29 is 28.9 Å². The van der Waals surface area contributed by atoms with Crippen LogP contribution in [-0.4, -0.2) is 39.5 Å². The van der Waals surface area contributed by atoms with E-state index in [1.165, 1.54) is 0 Å². The van der Waals surface area contributed by atoms with Crippen LogP contribution in [0.25, 0.3) is 21.2 Å². The van der Waals surface area contributed by atoms with E-state index in [1.54, 1.807) is 0 Å². The predicted octanol–water partition coefficient (Wildman–Crippen LogP) is 3.30. The topological polar surface area (TPSA) is 133 Å². The van der Waals surface area contributed by atoms with Crippen molar-refractivity contribution in [3.8, 4) is 0 Å². The first-order valence-electron chi connectivity index (χ1n) is 8.67. The van der Waals surface area contributed by atoms with Crippen molar-refractivity contribution in [3.63, 3.8) is 0 Å². The number of nitrogens with zero attached hydrogens (tertiary/aromatic N) is 3. The van der Waals surface area contributed by atoms with E-state index in [9.17, 15) is 19.1 Å². The maximum absolute atomic E-state index is 14.7. The Morgan fingerprint density at radius 1 is 1.21 bits per heavy atom. The van der Waals surface area contributed by atoms with Gasteiger partial charge in [-0.1, -0.05) is 41.5 Å². The van der Waals surface area contributed by atoms with Gasteiger partial charge >= 0.3 is 11.9 Å². The van der Waals surface area contributed by atoms with Gasteiger partial charge in [-0.15, -0.1) is 0 Å². The lowest BCUT2D eigenvalue weighted by Gasteiger charge is -2.31. The number of carboxylic acids is 2. The molecule has 0 spiro atoms. The van der Waals surface area contributed by atoms with Crippen molar-refractivity contribution in [3.05, 3.63) is 58.5 Å². The number of hydrogen-bond acceptors (Lipinski definition) is 4. The lowest BCUT2D eigenvalue weighted by atomic mass is 9.87. The van der Waals surface area contributed by atoms with Crippen LogP contribution in [0, 0.1) is 11.8 Å². The molecular formula is C19H16FN3O5. The van der Waals surface area contributed by atoms with E-state index < -0.39 is 41.1 Å². The summed E-state index contributed by atoms with van der Waals surface area (Å²) in [4.78, 5) is 25.8. The lowest BCUT2D eigenvalue weighted by molar-refractivity contribution is -0.156. The third-order valence-corrected chi connectivity index (χ3v) is 5.86. The molecule has 2 aromatic carbocycles. The van der Waals surface area contributed by atoms with E-state index in [0.29, 0.717) is 0 Å². The molecule has 0 saturated heterocycles. The van der Waals surface area contributed by atoms with Crippen LogP contribution in [0.5, 0.6) is 0 Å². The number of rotatable bonds is 6. The van der Waals surface area contributed by atoms with Crippen molar-refractivity contribution in [2.75, 3.05) is 0 Å². The maximum atomic E-state index is 14.7. The molecule has 144 valence electrons. The molecule has 0 bridgehead atoms. The lowest BCUT2D eigenvalue weighted by Crippen LogP contribution is -2.52. The molecule has 5 atom stereocenters. The standard InChI is InChI=1S/C19H16FN3O5/c20-18(16(24)25)13-8-14(19(15(13)18,17(26)27)22-23-21)28-9-10-5-6-11-3-1-2-4-12(11)7-10/h1-7,13-15H,8-9H2,(H,24,25)(H,26,27)/t13-,14-,15-,18+,19+/m1/s1. The Bertz CT molecular complexity index is 1040. The SMILES string of the molecule is [N-]=[N+]=N[C@]1(C(=O)O)[C@@H]2[C@@H](C[C@H]1OCc1ccc3ccccc3c1)[C@@]2(F)C(=O)O. The van der Waals surface area contributed by atoms with Crippen molar-refractivity contribution in [2.45, 2.75) is 30.3 Å². The molecule has 4 rings (SSSR count). The van der Waals surface area contributed by atoms with Gasteiger partial charge in [0.05, 0.1) is 12.7 Å². The van der Waals surface area contributed by atoms with E-state index in [-0.39, 0.29) is 13.0 Å². The number of alkyl halides is 1. The minimum absolute atomic E-state index is 0.0251. The van der Waals surface area contributed by atoms with Gasteiger partial charge in [-0.3, -0.25) is 4.79 Å². The van der Waals surface area contributed by atoms with E-state index in [4.69, 9.17) is 15.4 Å². The van der Waals surface area contributed by atoms with Gasteiger partial charge in [0, 0.05) is 16.7 Å². The second-order valence-corrected chi connectivity index (χ2v) is 7.19. The van der Waals surface area contributed by atoms with Gasteiger partial charge in [-0.25, -0.2) is 9.18 Å². The summed E-state index contributed by atoms with van der Waals surface area (Å²) in [6.07, 6.45) is -1.27. The quantitative estimate of drug-likeness (QED) is 0.447. The summed E-state index contributed by atoms with van der Waals surface area (Å²) in [6, 6.07) is 13.3. The van der Waals surface area contributed by atoms with Gasteiger partial charge in [0.15, 0.2) is 5.54 Å². The van der Waals surface area contributed by atoms with Crippen LogP contribution in [-0.2, 0) is 20.9 Å². The predicted molar refractivity (Wildman–Crippen MR) is 95.1 cm³/mol. The number of carboxylic acid groups (broad SMARTS) is 2. The number of halogens is 1. The highest BCUT2D eigenvalue weighted by Gasteiger charge is 2.86. The summed E-state index contributed by atoms with van der Waals surface area (Å²) in [5.41, 5.74) is 4.64.